The molecule has 3 rings (SSSR count). The summed E-state index contributed by atoms with van der Waals surface area (Å²) in [6, 6.07) is 6.63. The lowest BCUT2D eigenvalue weighted by atomic mass is 9.98. The fourth-order valence-electron chi connectivity index (χ4n) is 3.06. The van der Waals surface area contributed by atoms with Crippen molar-refractivity contribution in [1.82, 2.24) is 13.9 Å². The minimum Gasteiger partial charge on any atom is -0.339 e. The molecule has 9 heteroatoms. The molecule has 1 aromatic carbocycles. The third-order valence-electron chi connectivity index (χ3n) is 4.60. The van der Waals surface area contributed by atoms with Crippen molar-refractivity contribution in [2.45, 2.75) is 24.8 Å². The number of nitrogens with one attached hydrogen (secondary N) is 1. The smallest absolute Gasteiger partial charge is 0.262 e. The Balaban J connectivity index is 1.68. The molecule has 1 aliphatic heterocycles. The molecule has 1 saturated heterocycles. The molecule has 1 aliphatic rings. The van der Waals surface area contributed by atoms with Crippen molar-refractivity contribution in [3.63, 3.8) is 0 Å². The monoisotopic (exact) mass is 390 g/mol. The van der Waals surface area contributed by atoms with Crippen LogP contribution in [0, 0.1) is 5.92 Å². The van der Waals surface area contributed by atoms with Crippen molar-refractivity contribution in [2.24, 2.45) is 13.0 Å². The van der Waals surface area contributed by atoms with Gasteiger partial charge in [0.1, 0.15) is 0 Å². The topological polar surface area (TPSA) is 101 Å². The molecule has 1 atom stereocenters. The van der Waals surface area contributed by atoms with Gasteiger partial charge in [0, 0.05) is 37.6 Å². The second-order valence-corrected chi connectivity index (χ2v) is 8.59. The van der Waals surface area contributed by atoms with Crippen molar-refractivity contribution < 1.29 is 18.0 Å². The second kappa shape index (κ2) is 7.61. The van der Waals surface area contributed by atoms with E-state index in [1.807, 2.05) is 0 Å². The maximum absolute atomic E-state index is 12.7. The summed E-state index contributed by atoms with van der Waals surface area (Å²) < 4.78 is 28.3. The fourth-order valence-corrected chi connectivity index (χ4v) is 4.55. The van der Waals surface area contributed by atoms with Crippen LogP contribution >= 0.6 is 0 Å². The Morgan fingerprint density at radius 1 is 1.22 bits per heavy atom. The predicted molar refractivity (Wildman–Crippen MR) is 99.8 cm³/mol. The van der Waals surface area contributed by atoms with Gasteiger partial charge in [-0.25, -0.2) is 13.4 Å². The molecule has 27 heavy (non-hydrogen) atoms. The van der Waals surface area contributed by atoms with E-state index in [-0.39, 0.29) is 23.3 Å². The molecule has 0 bridgehead atoms. The van der Waals surface area contributed by atoms with Crippen molar-refractivity contribution in [3.8, 4) is 0 Å². The van der Waals surface area contributed by atoms with E-state index in [0.717, 1.165) is 0 Å². The fraction of sp³-hybridized carbons (Fsp3) is 0.389. The average Bonchev–Trinajstić information content (AvgIpc) is 3.09. The summed E-state index contributed by atoms with van der Waals surface area (Å²) in [7, 11) is -2.01. The molecule has 8 nitrogen and oxygen atoms in total. The van der Waals surface area contributed by atoms with Gasteiger partial charge in [-0.05, 0) is 44.0 Å². The number of rotatable bonds is 5. The third-order valence-corrected chi connectivity index (χ3v) is 6.35. The van der Waals surface area contributed by atoms with Crippen LogP contribution in [0.25, 0.3) is 0 Å². The summed E-state index contributed by atoms with van der Waals surface area (Å²) in [6.45, 7) is 1.97. The lowest BCUT2D eigenvalue weighted by Gasteiger charge is -2.30. The summed E-state index contributed by atoms with van der Waals surface area (Å²) in [6.07, 6.45) is 4.11. The van der Waals surface area contributed by atoms with E-state index in [1.165, 1.54) is 23.8 Å². The number of hydrogen-bond acceptors (Lipinski definition) is 5. The van der Waals surface area contributed by atoms with E-state index in [0.29, 0.717) is 30.6 Å². The number of carbonyl (C=O) groups excluding carboxylic acids is 2. The largest absolute Gasteiger partial charge is 0.339 e. The molecule has 0 spiro atoms. The first-order valence-corrected chi connectivity index (χ1v) is 10.1. The van der Waals surface area contributed by atoms with Gasteiger partial charge in [-0.1, -0.05) is 0 Å². The zero-order valence-electron chi connectivity index (χ0n) is 15.3. The lowest BCUT2D eigenvalue weighted by molar-refractivity contribution is -0.120. The first-order valence-electron chi connectivity index (χ1n) is 8.67. The van der Waals surface area contributed by atoms with Crippen LogP contribution in [0.2, 0.25) is 0 Å². The van der Waals surface area contributed by atoms with Gasteiger partial charge in [0.15, 0.2) is 10.8 Å². The van der Waals surface area contributed by atoms with Crippen molar-refractivity contribution >= 4 is 27.4 Å². The highest BCUT2D eigenvalue weighted by Gasteiger charge is 2.34. The number of anilines is 1. The minimum atomic E-state index is -3.71. The number of benzene rings is 1. The van der Waals surface area contributed by atoms with Crippen LogP contribution in [0.15, 0.2) is 41.8 Å². The number of sulfonamides is 1. The molecule has 2 aromatic rings. The Bertz CT molecular complexity index is 950. The van der Waals surface area contributed by atoms with Crippen LogP contribution < -0.4 is 5.32 Å². The number of carbonyl (C=O) groups is 2. The van der Waals surface area contributed by atoms with E-state index >= 15 is 0 Å². The lowest BCUT2D eigenvalue weighted by Crippen LogP contribution is -2.43. The van der Waals surface area contributed by atoms with Gasteiger partial charge < -0.3 is 9.88 Å². The van der Waals surface area contributed by atoms with Crippen LogP contribution in [-0.2, 0) is 21.9 Å². The van der Waals surface area contributed by atoms with Crippen LogP contribution in [0.3, 0.4) is 0 Å². The molecule has 1 fully saturated rings. The number of aromatic nitrogens is 2. The standard InChI is InChI=1S/C18H22N4O4S/c1-13(23)14-5-7-16(8-6-14)20-18(24)15-4-3-9-22(10-15)27(25,26)17-11-21(2)12-19-17/h5-8,11-12,15H,3-4,9-10H2,1-2H3,(H,20,24)/t15-/m0/s1. The predicted octanol–water partition coefficient (Wildman–Crippen LogP) is 1.66. The summed E-state index contributed by atoms with van der Waals surface area (Å²) in [4.78, 5) is 27.8. The highest BCUT2D eigenvalue weighted by atomic mass is 32.2. The van der Waals surface area contributed by atoms with Gasteiger partial charge in [0.05, 0.1) is 12.2 Å². The summed E-state index contributed by atoms with van der Waals surface area (Å²) in [5.41, 5.74) is 1.15. The van der Waals surface area contributed by atoms with Crippen LogP contribution in [-0.4, -0.2) is 47.1 Å². The molecule has 144 valence electrons. The summed E-state index contributed by atoms with van der Waals surface area (Å²) in [5, 5.41) is 2.79. The maximum Gasteiger partial charge on any atom is 0.262 e. The highest BCUT2D eigenvalue weighted by Crippen LogP contribution is 2.24. The number of aryl methyl sites for hydroxylation is 1. The van der Waals surface area contributed by atoms with E-state index < -0.39 is 15.9 Å². The Kier molecular flexibility index (Phi) is 5.43. The highest BCUT2D eigenvalue weighted by molar-refractivity contribution is 7.89. The van der Waals surface area contributed by atoms with Gasteiger partial charge in [-0.2, -0.15) is 4.31 Å². The van der Waals surface area contributed by atoms with Crippen molar-refractivity contribution in [1.29, 1.82) is 0 Å². The third kappa shape index (κ3) is 4.25. The van der Waals surface area contributed by atoms with Crippen LogP contribution in [0.5, 0.6) is 0 Å². The quantitative estimate of drug-likeness (QED) is 0.783. The van der Waals surface area contributed by atoms with E-state index in [9.17, 15) is 18.0 Å². The Hall–Kier alpha value is -2.52. The molecule has 1 N–H and O–H groups in total. The first kappa shape index (κ1) is 19.2. The number of piperidine rings is 1. The van der Waals surface area contributed by atoms with Gasteiger partial charge in [0.25, 0.3) is 10.0 Å². The molecule has 1 amide bonds. The van der Waals surface area contributed by atoms with Crippen molar-refractivity contribution in [2.75, 3.05) is 18.4 Å². The molecular formula is C18H22N4O4S. The molecule has 0 radical (unpaired) electrons. The number of ketones is 1. The number of amides is 1. The Labute approximate surface area is 158 Å². The zero-order valence-corrected chi connectivity index (χ0v) is 16.1. The average molecular weight is 390 g/mol. The molecule has 1 aromatic heterocycles. The Morgan fingerprint density at radius 2 is 1.93 bits per heavy atom. The van der Waals surface area contributed by atoms with Gasteiger partial charge >= 0.3 is 0 Å². The van der Waals surface area contributed by atoms with Crippen molar-refractivity contribution in [3.05, 3.63) is 42.4 Å². The molecule has 0 aliphatic carbocycles. The Morgan fingerprint density at radius 3 is 2.52 bits per heavy atom. The number of hydrogen-bond donors (Lipinski definition) is 1. The molecular weight excluding hydrogens is 368 g/mol. The number of Topliss-reactive ketones (excluding diaryl/α,β-unsaturated/α-hetero) is 1. The van der Waals surface area contributed by atoms with Crippen LogP contribution in [0.4, 0.5) is 5.69 Å². The van der Waals surface area contributed by atoms with Crippen LogP contribution in [0.1, 0.15) is 30.1 Å². The van der Waals surface area contributed by atoms with Gasteiger partial charge in [-0.15, -0.1) is 0 Å². The molecule has 0 unspecified atom stereocenters. The van der Waals surface area contributed by atoms with Gasteiger partial charge in [0.2, 0.25) is 5.91 Å². The molecule has 0 saturated carbocycles. The maximum atomic E-state index is 12.7. The SMILES string of the molecule is CC(=O)c1ccc(NC(=O)[C@H]2CCCN(S(=O)(=O)c3cn(C)cn3)C2)cc1. The zero-order chi connectivity index (χ0) is 19.6. The number of imidazole rings is 1. The minimum absolute atomic E-state index is 0.00844. The van der Waals surface area contributed by atoms with Gasteiger partial charge in [-0.3, -0.25) is 9.59 Å². The number of nitrogens with zero attached hydrogens (tertiary/aromatic N) is 3. The van der Waals surface area contributed by atoms with E-state index in [4.69, 9.17) is 0 Å². The van der Waals surface area contributed by atoms with E-state index in [2.05, 4.69) is 10.3 Å². The summed E-state index contributed by atoms with van der Waals surface area (Å²) >= 11 is 0. The molecule has 2 heterocycles. The summed E-state index contributed by atoms with van der Waals surface area (Å²) in [5.74, 6) is -0.716. The normalized spacial score (nSPS) is 18.2. The first-order chi connectivity index (χ1) is 12.8. The van der Waals surface area contributed by atoms with E-state index in [1.54, 1.807) is 35.9 Å². The second-order valence-electron chi connectivity index (χ2n) is 6.70.